The number of piperidine rings is 1. The number of nitrogens with zero attached hydrogens (tertiary/aromatic N) is 1. The number of hydrogen-bond acceptors (Lipinski definition) is 2. The Morgan fingerprint density at radius 1 is 1.00 bits per heavy atom. The maximum absolute atomic E-state index is 4.03. The third-order valence-electron chi connectivity index (χ3n) is 5.10. The van der Waals surface area contributed by atoms with Crippen molar-refractivity contribution >= 4 is 0 Å². The lowest BCUT2D eigenvalue weighted by atomic mass is 10.00. The molecule has 1 saturated heterocycles. The van der Waals surface area contributed by atoms with E-state index in [-0.39, 0.29) is 0 Å². The highest BCUT2D eigenvalue weighted by Gasteiger charge is 2.42. The lowest BCUT2D eigenvalue weighted by Crippen LogP contribution is -2.47. The van der Waals surface area contributed by atoms with Crippen LogP contribution in [0.4, 0.5) is 0 Å². The molecule has 0 amide bonds. The Kier molecular flexibility index (Phi) is 4.25. The third-order valence-corrected chi connectivity index (χ3v) is 5.10. The molecule has 0 bridgehead atoms. The molecule has 3 fully saturated rings. The summed E-state index contributed by atoms with van der Waals surface area (Å²) in [5.41, 5.74) is 0. The third kappa shape index (κ3) is 3.48. The van der Waals surface area contributed by atoms with Crippen molar-refractivity contribution in [2.45, 2.75) is 70.4 Å². The van der Waals surface area contributed by atoms with Crippen LogP contribution >= 0.6 is 0 Å². The van der Waals surface area contributed by atoms with E-state index in [1.54, 1.807) is 0 Å². The fraction of sp³-hybridized carbons (Fsp3) is 1.00. The van der Waals surface area contributed by atoms with E-state index in [0.29, 0.717) is 0 Å². The maximum atomic E-state index is 4.03. The van der Waals surface area contributed by atoms with Gasteiger partial charge in [-0.2, -0.15) is 0 Å². The van der Waals surface area contributed by atoms with Gasteiger partial charge in [0.15, 0.2) is 0 Å². The van der Waals surface area contributed by atoms with Crippen LogP contribution in [0.1, 0.15) is 58.3 Å². The highest BCUT2D eigenvalue weighted by molar-refractivity contribution is 4.98. The summed E-state index contributed by atoms with van der Waals surface area (Å²) in [7, 11) is 0. The molecule has 0 spiro atoms. The summed E-state index contributed by atoms with van der Waals surface area (Å²) in [5, 5.41) is 4.03. The van der Waals surface area contributed by atoms with E-state index in [0.717, 1.165) is 23.9 Å². The molecule has 2 nitrogen and oxygen atoms in total. The van der Waals surface area contributed by atoms with Gasteiger partial charge in [-0.15, -0.1) is 0 Å². The van der Waals surface area contributed by atoms with E-state index < -0.39 is 0 Å². The van der Waals surface area contributed by atoms with Gasteiger partial charge in [0.25, 0.3) is 0 Å². The highest BCUT2D eigenvalue weighted by atomic mass is 15.1. The zero-order valence-electron chi connectivity index (χ0n) is 12.0. The molecule has 1 heterocycles. The predicted octanol–water partition coefficient (Wildman–Crippen LogP) is 3.03. The number of unbranched alkanes of at least 4 members (excludes halogenated alkanes) is 1. The van der Waals surface area contributed by atoms with Crippen molar-refractivity contribution in [3.63, 3.8) is 0 Å². The van der Waals surface area contributed by atoms with E-state index in [9.17, 15) is 0 Å². The average molecular weight is 250 g/mol. The van der Waals surface area contributed by atoms with Crippen LogP contribution in [0.2, 0.25) is 0 Å². The number of nitrogens with one attached hydrogen (secondary N) is 1. The van der Waals surface area contributed by atoms with Crippen molar-refractivity contribution in [1.82, 2.24) is 10.2 Å². The standard InChI is InChI=1S/C16H30N2/c1-2-3-10-18-11-8-15(9-12-18)17-16(13-4-5-13)14-6-7-14/h13-17H,2-12H2,1H3. The topological polar surface area (TPSA) is 15.3 Å². The van der Waals surface area contributed by atoms with Crippen LogP contribution in [0.5, 0.6) is 0 Å². The zero-order valence-corrected chi connectivity index (χ0v) is 12.0. The Morgan fingerprint density at radius 3 is 2.11 bits per heavy atom. The molecule has 18 heavy (non-hydrogen) atoms. The van der Waals surface area contributed by atoms with Crippen molar-refractivity contribution < 1.29 is 0 Å². The maximum Gasteiger partial charge on any atom is 0.0126 e. The lowest BCUT2D eigenvalue weighted by molar-refractivity contribution is 0.182. The van der Waals surface area contributed by atoms with Gasteiger partial charge >= 0.3 is 0 Å². The molecule has 0 radical (unpaired) electrons. The van der Waals surface area contributed by atoms with Gasteiger partial charge in [0.2, 0.25) is 0 Å². The molecule has 3 aliphatic rings. The van der Waals surface area contributed by atoms with E-state index in [1.165, 1.54) is 71.0 Å². The minimum Gasteiger partial charge on any atom is -0.311 e. The van der Waals surface area contributed by atoms with Gasteiger partial charge in [0, 0.05) is 12.1 Å². The molecule has 104 valence electrons. The molecule has 0 aromatic heterocycles. The lowest BCUT2D eigenvalue weighted by Gasteiger charge is -2.34. The Hall–Kier alpha value is -0.0800. The van der Waals surface area contributed by atoms with Gasteiger partial charge < -0.3 is 10.2 Å². The molecule has 0 atom stereocenters. The smallest absolute Gasteiger partial charge is 0.0126 e. The normalized spacial score (nSPS) is 27.0. The summed E-state index contributed by atoms with van der Waals surface area (Å²) in [6.07, 6.45) is 11.5. The van der Waals surface area contributed by atoms with Crippen LogP contribution in [0.3, 0.4) is 0 Å². The first-order chi connectivity index (χ1) is 8.86. The van der Waals surface area contributed by atoms with Gasteiger partial charge in [0.05, 0.1) is 0 Å². The monoisotopic (exact) mass is 250 g/mol. The number of rotatable bonds is 7. The van der Waals surface area contributed by atoms with Crippen molar-refractivity contribution in [3.05, 3.63) is 0 Å². The van der Waals surface area contributed by atoms with E-state index in [1.807, 2.05) is 0 Å². The van der Waals surface area contributed by atoms with Crippen LogP contribution in [0.25, 0.3) is 0 Å². The summed E-state index contributed by atoms with van der Waals surface area (Å²) in [6, 6.07) is 1.73. The van der Waals surface area contributed by atoms with Crippen molar-refractivity contribution in [2.24, 2.45) is 11.8 Å². The largest absolute Gasteiger partial charge is 0.311 e. The molecule has 2 saturated carbocycles. The van der Waals surface area contributed by atoms with Crippen LogP contribution in [-0.4, -0.2) is 36.6 Å². The van der Waals surface area contributed by atoms with Gasteiger partial charge in [0.1, 0.15) is 0 Å². The Balaban J connectivity index is 1.39. The Bertz CT molecular complexity index is 238. The number of likely N-dealkylation sites (tertiary alicyclic amines) is 1. The second kappa shape index (κ2) is 5.92. The van der Waals surface area contributed by atoms with Crippen LogP contribution in [0, 0.1) is 11.8 Å². The first-order valence-corrected chi connectivity index (χ1v) is 8.35. The molecule has 0 aromatic rings. The molecule has 0 unspecified atom stereocenters. The van der Waals surface area contributed by atoms with Crippen molar-refractivity contribution in [1.29, 1.82) is 0 Å². The fourth-order valence-corrected chi connectivity index (χ4v) is 3.54. The van der Waals surface area contributed by atoms with Crippen LogP contribution in [0.15, 0.2) is 0 Å². The molecular weight excluding hydrogens is 220 g/mol. The quantitative estimate of drug-likeness (QED) is 0.747. The molecule has 1 N–H and O–H groups in total. The Labute approximate surface area is 113 Å². The molecule has 0 aromatic carbocycles. The number of hydrogen-bond donors (Lipinski definition) is 1. The van der Waals surface area contributed by atoms with E-state index in [4.69, 9.17) is 0 Å². The van der Waals surface area contributed by atoms with Crippen LogP contribution in [-0.2, 0) is 0 Å². The van der Waals surface area contributed by atoms with Crippen LogP contribution < -0.4 is 5.32 Å². The van der Waals surface area contributed by atoms with E-state index >= 15 is 0 Å². The van der Waals surface area contributed by atoms with Gasteiger partial charge in [-0.05, 0) is 76.4 Å². The first-order valence-electron chi connectivity index (χ1n) is 8.35. The minimum atomic E-state index is 0.828. The second-order valence-electron chi connectivity index (χ2n) is 6.84. The summed E-state index contributed by atoms with van der Waals surface area (Å²) in [6.45, 7) is 6.29. The Morgan fingerprint density at radius 2 is 1.61 bits per heavy atom. The minimum absolute atomic E-state index is 0.828. The highest BCUT2D eigenvalue weighted by Crippen LogP contribution is 2.44. The van der Waals surface area contributed by atoms with Crippen molar-refractivity contribution in [3.8, 4) is 0 Å². The average Bonchev–Trinajstić information content (AvgIpc) is 3.28. The summed E-state index contributed by atoms with van der Waals surface area (Å²) in [4.78, 5) is 2.67. The molecule has 2 aliphatic carbocycles. The molecule has 2 heteroatoms. The van der Waals surface area contributed by atoms with Gasteiger partial charge in [-0.1, -0.05) is 13.3 Å². The summed E-state index contributed by atoms with van der Waals surface area (Å²) >= 11 is 0. The van der Waals surface area contributed by atoms with E-state index in [2.05, 4.69) is 17.1 Å². The molecular formula is C16H30N2. The predicted molar refractivity (Wildman–Crippen MR) is 76.7 cm³/mol. The SMILES string of the molecule is CCCCN1CCC(NC(C2CC2)C2CC2)CC1. The second-order valence-corrected chi connectivity index (χ2v) is 6.84. The van der Waals surface area contributed by atoms with Gasteiger partial charge in [-0.25, -0.2) is 0 Å². The van der Waals surface area contributed by atoms with Crippen molar-refractivity contribution in [2.75, 3.05) is 19.6 Å². The zero-order chi connectivity index (χ0) is 12.4. The molecule has 3 rings (SSSR count). The first kappa shape index (κ1) is 12.9. The summed E-state index contributed by atoms with van der Waals surface area (Å²) in [5.74, 6) is 2.10. The molecule has 1 aliphatic heterocycles. The van der Waals surface area contributed by atoms with Gasteiger partial charge in [-0.3, -0.25) is 0 Å². The summed E-state index contributed by atoms with van der Waals surface area (Å²) < 4.78 is 0. The fourth-order valence-electron chi connectivity index (χ4n) is 3.54.